The van der Waals surface area contributed by atoms with Crippen LogP contribution in [0.25, 0.3) is 0 Å². The summed E-state index contributed by atoms with van der Waals surface area (Å²) >= 11 is 17.8. The molecule has 0 heterocycles. The van der Waals surface area contributed by atoms with Gasteiger partial charge in [-0.15, -0.1) is 19.0 Å². The molecular formula is C10H11Cl4N. The topological polar surface area (TPSA) is 26.0 Å². The molecule has 5 heteroatoms. The first kappa shape index (κ1) is 15.1. The first-order valence-electron chi connectivity index (χ1n) is 4.07. The minimum Gasteiger partial charge on any atom is -0.324 e. The van der Waals surface area contributed by atoms with Crippen LogP contribution < -0.4 is 5.73 Å². The van der Waals surface area contributed by atoms with E-state index in [1.54, 1.807) is 18.2 Å². The Balaban J connectivity index is 0.00000196. The van der Waals surface area contributed by atoms with E-state index in [1.807, 2.05) is 0 Å². The number of benzene rings is 1. The average molecular weight is 287 g/mol. The Morgan fingerprint density at radius 1 is 1.27 bits per heavy atom. The molecule has 0 fully saturated rings. The smallest absolute Gasteiger partial charge is 0.0655 e. The van der Waals surface area contributed by atoms with Gasteiger partial charge in [-0.3, -0.25) is 0 Å². The lowest BCUT2D eigenvalue weighted by atomic mass is 10.0. The van der Waals surface area contributed by atoms with E-state index in [-0.39, 0.29) is 18.4 Å². The lowest BCUT2D eigenvalue weighted by Gasteiger charge is -2.14. The molecule has 0 aliphatic heterocycles. The summed E-state index contributed by atoms with van der Waals surface area (Å²) in [5.41, 5.74) is 6.56. The Morgan fingerprint density at radius 3 is 2.33 bits per heavy atom. The van der Waals surface area contributed by atoms with Crippen molar-refractivity contribution in [1.82, 2.24) is 0 Å². The van der Waals surface area contributed by atoms with E-state index in [0.717, 1.165) is 0 Å². The van der Waals surface area contributed by atoms with Gasteiger partial charge < -0.3 is 5.73 Å². The molecule has 2 N–H and O–H groups in total. The van der Waals surface area contributed by atoms with Crippen LogP contribution in [0, 0.1) is 0 Å². The van der Waals surface area contributed by atoms with Crippen LogP contribution in [0.4, 0.5) is 0 Å². The molecule has 0 unspecified atom stereocenters. The maximum atomic E-state index is 6.00. The summed E-state index contributed by atoms with van der Waals surface area (Å²) in [6.07, 6.45) is 2.33. The van der Waals surface area contributed by atoms with Gasteiger partial charge in [0.25, 0.3) is 0 Å². The maximum absolute atomic E-state index is 6.00. The van der Waals surface area contributed by atoms with Crippen molar-refractivity contribution in [1.29, 1.82) is 0 Å². The zero-order chi connectivity index (χ0) is 10.7. The van der Waals surface area contributed by atoms with Gasteiger partial charge in [-0.2, -0.15) is 0 Å². The molecule has 0 saturated carbocycles. The molecule has 84 valence electrons. The Labute approximate surface area is 111 Å². The van der Waals surface area contributed by atoms with Gasteiger partial charge in [0.05, 0.1) is 10.0 Å². The monoisotopic (exact) mass is 285 g/mol. The largest absolute Gasteiger partial charge is 0.324 e. The van der Waals surface area contributed by atoms with Crippen LogP contribution in [-0.4, -0.2) is 0 Å². The van der Waals surface area contributed by atoms with Gasteiger partial charge in [0, 0.05) is 16.6 Å². The Bertz CT molecular complexity index is 352. The summed E-state index contributed by atoms with van der Waals surface area (Å²) in [5.74, 6) is 0. The molecule has 15 heavy (non-hydrogen) atoms. The summed E-state index contributed by atoms with van der Waals surface area (Å²) in [5, 5.41) is 1.42. The van der Waals surface area contributed by atoms with Crippen molar-refractivity contribution in [3.63, 3.8) is 0 Å². The van der Waals surface area contributed by atoms with E-state index >= 15 is 0 Å². The van der Waals surface area contributed by atoms with Crippen LogP contribution >= 0.6 is 47.2 Å². The van der Waals surface area contributed by atoms with Crippen LogP contribution in [0.5, 0.6) is 0 Å². The fraction of sp³-hybridized carbons (Fsp3) is 0.200. The second kappa shape index (κ2) is 6.62. The first-order valence-corrected chi connectivity index (χ1v) is 5.21. The molecule has 0 spiro atoms. The third-order valence-corrected chi connectivity index (χ3v) is 3.02. The molecule has 0 aliphatic rings. The van der Waals surface area contributed by atoms with Gasteiger partial charge in [0.15, 0.2) is 0 Å². The Morgan fingerprint density at radius 2 is 1.80 bits per heavy atom. The summed E-state index contributed by atoms with van der Waals surface area (Å²) < 4.78 is 0. The van der Waals surface area contributed by atoms with Crippen molar-refractivity contribution in [2.75, 3.05) is 0 Å². The first-order chi connectivity index (χ1) is 6.57. The highest BCUT2D eigenvalue weighted by Gasteiger charge is 2.15. The summed E-state index contributed by atoms with van der Waals surface area (Å²) in [4.78, 5) is 0. The predicted molar refractivity (Wildman–Crippen MR) is 70.5 cm³/mol. The lowest BCUT2D eigenvalue weighted by Crippen LogP contribution is -2.10. The van der Waals surface area contributed by atoms with Gasteiger partial charge in [-0.1, -0.05) is 40.9 Å². The second-order valence-electron chi connectivity index (χ2n) is 2.89. The van der Waals surface area contributed by atoms with Crippen molar-refractivity contribution in [2.45, 2.75) is 12.5 Å². The van der Waals surface area contributed by atoms with Crippen molar-refractivity contribution in [2.24, 2.45) is 5.73 Å². The summed E-state index contributed by atoms with van der Waals surface area (Å²) in [6.45, 7) is 3.61. The zero-order valence-corrected chi connectivity index (χ0v) is 10.9. The number of nitrogens with two attached hydrogens (primary N) is 1. The normalized spacial score (nSPS) is 11.7. The quantitative estimate of drug-likeness (QED) is 0.635. The van der Waals surface area contributed by atoms with E-state index in [1.165, 1.54) is 0 Å². The Hall–Kier alpha value is 0.0800. The van der Waals surface area contributed by atoms with Crippen LogP contribution in [0.1, 0.15) is 18.0 Å². The zero-order valence-electron chi connectivity index (χ0n) is 7.84. The van der Waals surface area contributed by atoms with E-state index in [4.69, 9.17) is 40.5 Å². The van der Waals surface area contributed by atoms with Crippen molar-refractivity contribution in [3.05, 3.63) is 45.4 Å². The van der Waals surface area contributed by atoms with Gasteiger partial charge in [-0.25, -0.2) is 0 Å². The standard InChI is InChI=1S/C10H10Cl3N.ClH/c1-2-3-8(14)9-6(11)4-5-7(12)10(9)13;/h2,4-5,8H,1,3,14H2;1H/t8-;/m1./s1. The van der Waals surface area contributed by atoms with E-state index in [9.17, 15) is 0 Å². The van der Waals surface area contributed by atoms with Crippen LogP contribution in [-0.2, 0) is 0 Å². The molecule has 1 nitrogen and oxygen atoms in total. The number of hydrogen-bond donors (Lipinski definition) is 1. The van der Waals surface area contributed by atoms with Gasteiger partial charge >= 0.3 is 0 Å². The highest BCUT2D eigenvalue weighted by atomic mass is 35.5. The summed E-state index contributed by atoms with van der Waals surface area (Å²) in [6, 6.07) is 3.08. The molecule has 0 aromatic heterocycles. The van der Waals surface area contributed by atoms with Crippen molar-refractivity contribution >= 4 is 47.2 Å². The minimum atomic E-state index is -0.258. The van der Waals surface area contributed by atoms with E-state index in [0.29, 0.717) is 27.1 Å². The predicted octanol–water partition coefficient (Wildman–Crippen LogP) is 4.64. The number of halogens is 4. The van der Waals surface area contributed by atoms with Crippen molar-refractivity contribution in [3.8, 4) is 0 Å². The third-order valence-electron chi connectivity index (χ3n) is 1.87. The molecule has 1 aromatic carbocycles. The molecule has 0 aliphatic carbocycles. The van der Waals surface area contributed by atoms with Gasteiger partial charge in [-0.05, 0) is 18.6 Å². The highest BCUT2D eigenvalue weighted by Crippen LogP contribution is 2.35. The molecule has 0 saturated heterocycles. The molecule has 0 radical (unpaired) electrons. The molecule has 1 rings (SSSR count). The number of rotatable bonds is 3. The molecule has 1 aromatic rings. The van der Waals surface area contributed by atoms with E-state index in [2.05, 4.69) is 6.58 Å². The SMILES string of the molecule is C=CC[C@@H](N)c1c(Cl)ccc(Cl)c1Cl.Cl. The molecule has 1 atom stereocenters. The third kappa shape index (κ3) is 3.54. The fourth-order valence-corrected chi connectivity index (χ4v) is 2.00. The Kier molecular flexibility index (Phi) is 6.65. The average Bonchev–Trinajstić information content (AvgIpc) is 2.13. The number of hydrogen-bond acceptors (Lipinski definition) is 1. The van der Waals surface area contributed by atoms with E-state index < -0.39 is 0 Å². The van der Waals surface area contributed by atoms with Gasteiger partial charge in [0.2, 0.25) is 0 Å². The fourth-order valence-electron chi connectivity index (χ4n) is 1.18. The molecular weight excluding hydrogens is 276 g/mol. The summed E-state index contributed by atoms with van der Waals surface area (Å²) in [7, 11) is 0. The van der Waals surface area contributed by atoms with Crippen molar-refractivity contribution < 1.29 is 0 Å². The van der Waals surface area contributed by atoms with Crippen LogP contribution in [0.3, 0.4) is 0 Å². The highest BCUT2D eigenvalue weighted by molar-refractivity contribution is 6.44. The molecule has 0 amide bonds. The second-order valence-corrected chi connectivity index (χ2v) is 4.08. The minimum absolute atomic E-state index is 0. The van der Waals surface area contributed by atoms with Gasteiger partial charge in [0.1, 0.15) is 0 Å². The van der Waals surface area contributed by atoms with Crippen LogP contribution in [0.15, 0.2) is 24.8 Å². The van der Waals surface area contributed by atoms with Crippen LogP contribution in [0.2, 0.25) is 15.1 Å². The molecule has 0 bridgehead atoms. The maximum Gasteiger partial charge on any atom is 0.0655 e. The lowest BCUT2D eigenvalue weighted by molar-refractivity contribution is 0.742.